The smallest absolute Gasteiger partial charge is 0.311 e. The number of methoxy groups -OCH3 is 1. The molecule has 6 heteroatoms. The van der Waals surface area contributed by atoms with Crippen LogP contribution in [0.1, 0.15) is 32.3 Å². The molecule has 1 atom stereocenters. The monoisotopic (exact) mass is 317 g/mol. The normalized spacial score (nSPS) is 13.2. The maximum Gasteiger partial charge on any atom is 0.311 e. The maximum atomic E-state index is 11.9. The Balaban J connectivity index is 3.56. The number of nitrogens with one attached hydrogen (secondary N) is 1. The molecule has 0 saturated heterocycles. The molecule has 0 radical (unpaired) electrons. The first-order valence-electron chi connectivity index (χ1n) is 5.38. The van der Waals surface area contributed by atoms with Crippen molar-refractivity contribution in [3.05, 3.63) is 26.6 Å². The van der Waals surface area contributed by atoms with Crippen molar-refractivity contribution >= 4 is 21.9 Å². The second-order valence-electron chi connectivity index (χ2n) is 5.05. The molecule has 18 heavy (non-hydrogen) atoms. The van der Waals surface area contributed by atoms with Crippen LogP contribution in [0.15, 0.2) is 15.5 Å². The lowest BCUT2D eigenvalue weighted by Crippen LogP contribution is -2.32. The summed E-state index contributed by atoms with van der Waals surface area (Å²) in [5, 5.41) is 9.36. The highest BCUT2D eigenvalue weighted by Gasteiger charge is 2.37. The van der Waals surface area contributed by atoms with Crippen LogP contribution in [0.25, 0.3) is 0 Å². The van der Waals surface area contributed by atoms with E-state index in [1.807, 2.05) is 0 Å². The van der Waals surface area contributed by atoms with Crippen LogP contribution in [0.5, 0.6) is 5.75 Å². The Morgan fingerprint density at radius 2 is 2.06 bits per heavy atom. The van der Waals surface area contributed by atoms with E-state index in [-0.39, 0.29) is 5.56 Å². The fourth-order valence-corrected chi connectivity index (χ4v) is 2.52. The Morgan fingerprint density at radius 1 is 1.50 bits per heavy atom. The summed E-state index contributed by atoms with van der Waals surface area (Å²) >= 11 is 3.25. The summed E-state index contributed by atoms with van der Waals surface area (Å²) in [5.41, 5.74) is -0.840. The van der Waals surface area contributed by atoms with Crippen LogP contribution in [-0.2, 0) is 4.79 Å². The molecule has 0 spiro atoms. The fourth-order valence-electron chi connectivity index (χ4n) is 1.84. The largest absolute Gasteiger partial charge is 0.494 e. The minimum Gasteiger partial charge on any atom is -0.494 e. The number of carboxylic acid groups (broad SMARTS) is 1. The zero-order chi connectivity index (χ0) is 14.1. The predicted molar refractivity (Wildman–Crippen MR) is 71.1 cm³/mol. The molecular weight excluding hydrogens is 302 g/mol. The molecule has 1 heterocycles. The summed E-state index contributed by atoms with van der Waals surface area (Å²) in [6, 6.07) is 0. The SMILES string of the molecule is COc1c[nH]c(=O)c(C(C(=O)O)C(C)(C)C)c1Br. The molecule has 0 aromatic carbocycles. The number of hydrogen-bond donors (Lipinski definition) is 2. The van der Waals surface area contributed by atoms with Crippen molar-refractivity contribution in [3.63, 3.8) is 0 Å². The van der Waals surface area contributed by atoms with Crippen LogP contribution >= 0.6 is 15.9 Å². The molecule has 1 aromatic heterocycles. The summed E-state index contributed by atoms with van der Waals surface area (Å²) < 4.78 is 5.46. The first-order chi connectivity index (χ1) is 8.20. The number of halogens is 1. The standard InChI is InChI=1S/C12H16BrNO4/c1-12(2,3)8(11(16)17)7-9(13)6(18-4)5-14-10(7)15/h5,8H,1-4H3,(H,14,15)(H,16,17). The molecule has 1 aromatic rings. The molecule has 0 aliphatic heterocycles. The quantitative estimate of drug-likeness (QED) is 0.897. The highest BCUT2D eigenvalue weighted by molar-refractivity contribution is 9.10. The van der Waals surface area contributed by atoms with E-state index in [0.29, 0.717) is 10.2 Å². The van der Waals surface area contributed by atoms with Gasteiger partial charge in [-0.3, -0.25) is 9.59 Å². The first-order valence-corrected chi connectivity index (χ1v) is 6.17. The highest BCUT2D eigenvalue weighted by Crippen LogP contribution is 2.39. The van der Waals surface area contributed by atoms with Gasteiger partial charge in [-0.2, -0.15) is 0 Å². The van der Waals surface area contributed by atoms with E-state index in [4.69, 9.17) is 4.74 Å². The summed E-state index contributed by atoms with van der Waals surface area (Å²) in [5.74, 6) is -1.56. The first kappa shape index (κ1) is 14.8. The molecule has 0 aliphatic carbocycles. The van der Waals surface area contributed by atoms with Crippen molar-refractivity contribution < 1.29 is 14.6 Å². The second kappa shape index (κ2) is 5.14. The van der Waals surface area contributed by atoms with Crippen molar-refractivity contribution in [2.24, 2.45) is 5.41 Å². The van der Waals surface area contributed by atoms with Gasteiger partial charge < -0.3 is 14.8 Å². The van der Waals surface area contributed by atoms with E-state index < -0.39 is 22.9 Å². The van der Waals surface area contributed by atoms with Gasteiger partial charge in [-0.15, -0.1) is 0 Å². The third-order valence-electron chi connectivity index (χ3n) is 2.65. The Hall–Kier alpha value is -1.30. The van der Waals surface area contributed by atoms with Crippen LogP contribution in [0, 0.1) is 5.41 Å². The van der Waals surface area contributed by atoms with Crippen LogP contribution in [0.2, 0.25) is 0 Å². The number of ether oxygens (including phenoxy) is 1. The van der Waals surface area contributed by atoms with Crippen molar-refractivity contribution in [1.82, 2.24) is 4.98 Å². The van der Waals surface area contributed by atoms with Crippen molar-refractivity contribution in [3.8, 4) is 5.75 Å². The number of pyridine rings is 1. The van der Waals surface area contributed by atoms with E-state index in [9.17, 15) is 14.7 Å². The summed E-state index contributed by atoms with van der Waals surface area (Å²) in [7, 11) is 1.45. The van der Waals surface area contributed by atoms with Gasteiger partial charge in [0.1, 0.15) is 5.75 Å². The fraction of sp³-hybridized carbons (Fsp3) is 0.500. The summed E-state index contributed by atoms with van der Waals surface area (Å²) in [6.45, 7) is 5.32. The van der Waals surface area contributed by atoms with Crippen LogP contribution in [0.4, 0.5) is 0 Å². The number of carbonyl (C=O) groups is 1. The molecule has 0 aliphatic rings. The minimum atomic E-state index is -1.04. The Labute approximate surface area is 113 Å². The number of aliphatic carboxylic acids is 1. The molecule has 0 bridgehead atoms. The Bertz CT molecular complexity index is 516. The molecular formula is C12H16BrNO4. The van der Waals surface area contributed by atoms with E-state index in [1.54, 1.807) is 20.8 Å². The Morgan fingerprint density at radius 3 is 2.44 bits per heavy atom. The Kier molecular flexibility index (Phi) is 4.21. The van der Waals surface area contributed by atoms with Gasteiger partial charge in [0, 0.05) is 11.8 Å². The third-order valence-corrected chi connectivity index (χ3v) is 3.47. The van der Waals surface area contributed by atoms with Gasteiger partial charge >= 0.3 is 5.97 Å². The molecule has 100 valence electrons. The number of rotatable bonds is 3. The minimum absolute atomic E-state index is 0.175. The van der Waals surface area contributed by atoms with Crippen LogP contribution in [-0.4, -0.2) is 23.2 Å². The zero-order valence-electron chi connectivity index (χ0n) is 10.7. The number of aromatic amines is 1. The van der Waals surface area contributed by atoms with Gasteiger partial charge in [-0.1, -0.05) is 20.8 Å². The third kappa shape index (κ3) is 2.75. The second-order valence-corrected chi connectivity index (χ2v) is 5.84. The van der Waals surface area contributed by atoms with Gasteiger partial charge in [0.2, 0.25) is 0 Å². The lowest BCUT2D eigenvalue weighted by molar-refractivity contribution is -0.141. The zero-order valence-corrected chi connectivity index (χ0v) is 12.3. The van der Waals surface area contributed by atoms with Gasteiger partial charge in [0.15, 0.2) is 0 Å². The molecule has 0 amide bonds. The molecule has 0 saturated carbocycles. The number of H-pyrrole nitrogens is 1. The van der Waals surface area contributed by atoms with E-state index >= 15 is 0 Å². The van der Waals surface area contributed by atoms with Crippen molar-refractivity contribution in [2.75, 3.05) is 7.11 Å². The van der Waals surface area contributed by atoms with Gasteiger partial charge in [-0.25, -0.2) is 0 Å². The summed E-state index contributed by atoms with van der Waals surface area (Å²) in [4.78, 5) is 25.8. The molecule has 2 N–H and O–H groups in total. The number of carboxylic acids is 1. The van der Waals surface area contributed by atoms with Crippen molar-refractivity contribution in [1.29, 1.82) is 0 Å². The van der Waals surface area contributed by atoms with Gasteiger partial charge in [0.05, 0.1) is 17.5 Å². The predicted octanol–water partition coefficient (Wildman–Crippen LogP) is 2.36. The topological polar surface area (TPSA) is 79.4 Å². The van der Waals surface area contributed by atoms with Gasteiger partial charge in [-0.05, 0) is 21.3 Å². The van der Waals surface area contributed by atoms with Crippen LogP contribution < -0.4 is 10.3 Å². The number of aromatic nitrogens is 1. The maximum absolute atomic E-state index is 11.9. The van der Waals surface area contributed by atoms with E-state index in [0.717, 1.165) is 0 Å². The molecule has 1 unspecified atom stereocenters. The lowest BCUT2D eigenvalue weighted by atomic mass is 9.77. The molecule has 5 nitrogen and oxygen atoms in total. The van der Waals surface area contributed by atoms with Gasteiger partial charge in [0.25, 0.3) is 5.56 Å². The van der Waals surface area contributed by atoms with Crippen molar-refractivity contribution in [2.45, 2.75) is 26.7 Å². The lowest BCUT2D eigenvalue weighted by Gasteiger charge is -2.27. The van der Waals surface area contributed by atoms with E-state index in [1.165, 1.54) is 13.3 Å². The molecule has 1 rings (SSSR count). The number of hydrogen-bond acceptors (Lipinski definition) is 3. The highest BCUT2D eigenvalue weighted by atomic mass is 79.9. The van der Waals surface area contributed by atoms with E-state index in [2.05, 4.69) is 20.9 Å². The summed E-state index contributed by atoms with van der Waals surface area (Å²) in [6.07, 6.45) is 1.40. The van der Waals surface area contributed by atoms with Crippen LogP contribution in [0.3, 0.4) is 0 Å². The molecule has 0 fully saturated rings. The average molecular weight is 318 g/mol. The average Bonchev–Trinajstić information content (AvgIpc) is 2.21.